The maximum absolute atomic E-state index is 13.9. The number of hydrogen-bond acceptors (Lipinski definition) is 8. The van der Waals surface area contributed by atoms with Crippen LogP contribution in [-0.2, 0) is 19.5 Å². The molecule has 0 aromatic heterocycles. The van der Waals surface area contributed by atoms with Gasteiger partial charge in [-0.2, -0.15) is 4.31 Å². The van der Waals surface area contributed by atoms with Gasteiger partial charge in [0.1, 0.15) is 11.2 Å². The summed E-state index contributed by atoms with van der Waals surface area (Å²) < 4.78 is 39.7. The lowest BCUT2D eigenvalue weighted by Crippen LogP contribution is -2.44. The Hall–Kier alpha value is -2.93. The van der Waals surface area contributed by atoms with E-state index in [0.29, 0.717) is 45.2 Å². The summed E-state index contributed by atoms with van der Waals surface area (Å²) in [4.78, 5) is 34.5. The van der Waals surface area contributed by atoms with Crippen LogP contribution in [0.4, 0.5) is 15.3 Å². The normalized spacial score (nSPS) is 13.1. The monoisotopic (exact) mass is 614 g/mol. The Kier molecular flexibility index (Phi) is 14.7. The Bertz CT molecular complexity index is 1130. The van der Waals surface area contributed by atoms with Gasteiger partial charge in [0, 0.05) is 31.7 Å². The number of hydrogen-bond donors (Lipinski definition) is 2. The molecule has 0 aliphatic heterocycles. The summed E-state index contributed by atoms with van der Waals surface area (Å²) in [6, 6.07) is 4.92. The first-order chi connectivity index (χ1) is 19.3. The molecule has 0 spiro atoms. The zero-order chi connectivity index (χ0) is 32.1. The molecule has 1 aromatic carbocycles. The number of ether oxygens (including phenoxy) is 2. The molecule has 0 aliphatic rings. The number of sulfonamides is 1. The van der Waals surface area contributed by atoms with E-state index in [1.807, 2.05) is 13.8 Å². The summed E-state index contributed by atoms with van der Waals surface area (Å²) in [6.45, 7) is 15.4. The highest BCUT2D eigenvalue weighted by Crippen LogP contribution is 2.31. The zero-order valence-electron chi connectivity index (χ0n) is 26.4. The molecule has 0 bridgehead atoms. The minimum absolute atomic E-state index is 0.0953. The third-order valence-corrected chi connectivity index (χ3v) is 8.08. The fraction of sp³-hybridized carbons (Fsp3) is 0.724. The topological polar surface area (TPSA) is 157 Å². The number of para-hydroxylation sites is 1. The third kappa shape index (κ3) is 13.8. The van der Waals surface area contributed by atoms with Gasteiger partial charge >= 0.3 is 12.2 Å². The Morgan fingerprint density at radius 1 is 0.881 bits per heavy atom. The number of benzene rings is 1. The molecule has 13 heteroatoms. The average molecular weight is 615 g/mol. The molecule has 2 N–H and O–H groups in total. The molecule has 0 aliphatic carbocycles. The Morgan fingerprint density at radius 3 is 1.88 bits per heavy atom. The van der Waals surface area contributed by atoms with E-state index in [1.165, 1.54) is 28.6 Å². The van der Waals surface area contributed by atoms with Crippen molar-refractivity contribution >= 4 is 27.9 Å². The molecule has 0 heterocycles. The quantitative estimate of drug-likeness (QED) is 0.130. The van der Waals surface area contributed by atoms with Gasteiger partial charge in [0.15, 0.2) is 4.90 Å². The summed E-state index contributed by atoms with van der Waals surface area (Å²) in [5.41, 5.74) is -1.68. The van der Waals surface area contributed by atoms with Gasteiger partial charge in [-0.3, -0.25) is 10.1 Å². The molecule has 42 heavy (non-hydrogen) atoms. The predicted molar refractivity (Wildman–Crippen MR) is 162 cm³/mol. The molecular weight excluding hydrogens is 564 g/mol. The SMILES string of the molecule is CC(C)[C@H](CCCNC(=O)OC(C)(C)C)N(CCCCCCNC(=O)OC(C)(C)C)S(=O)(=O)c1ccccc1[N+](=O)[O-]. The van der Waals surface area contributed by atoms with Crippen LogP contribution in [0.1, 0.15) is 93.9 Å². The molecule has 1 atom stereocenters. The largest absolute Gasteiger partial charge is 0.444 e. The highest BCUT2D eigenvalue weighted by atomic mass is 32.2. The summed E-state index contributed by atoms with van der Waals surface area (Å²) in [5, 5.41) is 17.1. The highest BCUT2D eigenvalue weighted by Gasteiger charge is 2.36. The van der Waals surface area contributed by atoms with Gasteiger partial charge in [0.25, 0.3) is 5.69 Å². The van der Waals surface area contributed by atoms with Crippen LogP contribution in [0.15, 0.2) is 29.2 Å². The second-order valence-electron chi connectivity index (χ2n) is 12.6. The Balaban J connectivity index is 2.96. The molecule has 0 unspecified atom stereocenters. The number of nitrogens with zero attached hydrogens (tertiary/aromatic N) is 2. The molecular formula is C29H50N4O8S. The van der Waals surface area contributed by atoms with Crippen molar-refractivity contribution in [2.24, 2.45) is 5.92 Å². The van der Waals surface area contributed by atoms with E-state index in [0.717, 1.165) is 6.42 Å². The van der Waals surface area contributed by atoms with E-state index in [-0.39, 0.29) is 17.4 Å². The fourth-order valence-electron chi connectivity index (χ4n) is 4.29. The van der Waals surface area contributed by atoms with Crippen molar-refractivity contribution in [3.63, 3.8) is 0 Å². The van der Waals surface area contributed by atoms with Gasteiger partial charge < -0.3 is 20.1 Å². The van der Waals surface area contributed by atoms with Crippen LogP contribution in [-0.4, -0.2) is 66.7 Å². The first-order valence-corrected chi connectivity index (χ1v) is 16.0. The van der Waals surface area contributed by atoms with Crippen molar-refractivity contribution in [1.82, 2.24) is 14.9 Å². The smallest absolute Gasteiger partial charge is 0.407 e. The van der Waals surface area contributed by atoms with Crippen LogP contribution in [0.5, 0.6) is 0 Å². The molecule has 1 aromatic rings. The van der Waals surface area contributed by atoms with E-state index in [4.69, 9.17) is 9.47 Å². The van der Waals surface area contributed by atoms with Gasteiger partial charge in [0.2, 0.25) is 10.0 Å². The van der Waals surface area contributed by atoms with Crippen molar-refractivity contribution in [1.29, 1.82) is 0 Å². The standard InChI is InChI=1S/C29H50N4O8S/c1-22(2)23(17-15-20-31-27(35)41-29(6,7)8)32(42(38,39)25-18-12-11-16-24(25)33(36)37)21-14-10-9-13-19-30-26(34)40-28(3,4)5/h11-12,16,18,22-23H,9-10,13-15,17,19-21H2,1-8H3,(H,30,34)(H,31,35)/t23-/m0/s1. The van der Waals surface area contributed by atoms with Crippen molar-refractivity contribution < 1.29 is 32.4 Å². The van der Waals surface area contributed by atoms with E-state index in [1.54, 1.807) is 41.5 Å². The number of carbonyl (C=O) groups excluding carboxylic acids is 2. The van der Waals surface area contributed by atoms with Crippen molar-refractivity contribution in [3.8, 4) is 0 Å². The maximum Gasteiger partial charge on any atom is 0.407 e. The second-order valence-corrected chi connectivity index (χ2v) is 14.4. The van der Waals surface area contributed by atoms with Crippen LogP contribution in [0.2, 0.25) is 0 Å². The van der Waals surface area contributed by atoms with E-state index >= 15 is 0 Å². The molecule has 0 fully saturated rings. The van der Waals surface area contributed by atoms with Crippen molar-refractivity contribution in [2.45, 2.75) is 116 Å². The Labute approximate surface area is 251 Å². The molecule has 2 amide bonds. The van der Waals surface area contributed by atoms with Gasteiger partial charge in [-0.05, 0) is 79.2 Å². The van der Waals surface area contributed by atoms with Crippen LogP contribution in [0.25, 0.3) is 0 Å². The fourth-order valence-corrected chi connectivity index (χ4v) is 6.28. The van der Waals surface area contributed by atoms with Crippen molar-refractivity contribution in [2.75, 3.05) is 19.6 Å². The molecule has 0 radical (unpaired) electrons. The number of nitrogens with one attached hydrogen (secondary N) is 2. The number of nitro groups is 1. The zero-order valence-corrected chi connectivity index (χ0v) is 27.2. The van der Waals surface area contributed by atoms with Crippen LogP contribution in [0.3, 0.4) is 0 Å². The second kappa shape index (κ2) is 16.6. The third-order valence-electron chi connectivity index (χ3n) is 6.11. The number of amides is 2. The minimum atomic E-state index is -4.22. The maximum atomic E-state index is 13.9. The molecule has 12 nitrogen and oxygen atoms in total. The van der Waals surface area contributed by atoms with E-state index in [9.17, 15) is 28.1 Å². The average Bonchev–Trinajstić information content (AvgIpc) is 2.84. The molecule has 240 valence electrons. The van der Waals surface area contributed by atoms with Gasteiger partial charge in [-0.1, -0.05) is 38.8 Å². The number of nitro benzene ring substituents is 1. The van der Waals surface area contributed by atoms with Gasteiger partial charge in [0.05, 0.1) is 4.92 Å². The summed E-state index contributed by atoms with van der Waals surface area (Å²) in [6.07, 6.45) is 2.57. The summed E-state index contributed by atoms with van der Waals surface area (Å²) >= 11 is 0. The Morgan fingerprint density at radius 2 is 1.38 bits per heavy atom. The lowest BCUT2D eigenvalue weighted by atomic mass is 9.99. The van der Waals surface area contributed by atoms with Crippen LogP contribution < -0.4 is 10.6 Å². The number of rotatable bonds is 16. The van der Waals surface area contributed by atoms with E-state index < -0.39 is 50.1 Å². The first kappa shape index (κ1) is 37.1. The molecule has 1 rings (SSSR count). The summed E-state index contributed by atoms with van der Waals surface area (Å²) in [5.74, 6) is -0.0953. The highest BCUT2D eigenvalue weighted by molar-refractivity contribution is 7.89. The van der Waals surface area contributed by atoms with Crippen molar-refractivity contribution in [3.05, 3.63) is 34.4 Å². The minimum Gasteiger partial charge on any atom is -0.444 e. The number of carbonyl (C=O) groups is 2. The van der Waals surface area contributed by atoms with E-state index in [2.05, 4.69) is 10.6 Å². The lowest BCUT2D eigenvalue weighted by molar-refractivity contribution is -0.387. The molecule has 0 saturated carbocycles. The number of unbranched alkanes of at least 4 members (excludes halogenated alkanes) is 3. The van der Waals surface area contributed by atoms with Crippen LogP contribution in [0, 0.1) is 16.0 Å². The summed E-state index contributed by atoms with van der Waals surface area (Å²) in [7, 11) is -4.22. The lowest BCUT2D eigenvalue weighted by Gasteiger charge is -2.34. The molecule has 0 saturated heterocycles. The van der Waals surface area contributed by atoms with Gasteiger partial charge in [-0.15, -0.1) is 0 Å². The number of alkyl carbamates (subject to hydrolysis) is 2. The first-order valence-electron chi connectivity index (χ1n) is 14.5. The van der Waals surface area contributed by atoms with Gasteiger partial charge in [-0.25, -0.2) is 18.0 Å². The van der Waals surface area contributed by atoms with Crippen LogP contribution >= 0.6 is 0 Å². The predicted octanol–water partition coefficient (Wildman–Crippen LogP) is 6.00.